The molecular weight excluding hydrogens is 309 g/mol. The first-order valence-corrected chi connectivity index (χ1v) is 8.12. The van der Waals surface area contributed by atoms with Gasteiger partial charge in [-0.25, -0.2) is 9.37 Å². The summed E-state index contributed by atoms with van der Waals surface area (Å²) in [6.45, 7) is 3.67. The van der Waals surface area contributed by atoms with Gasteiger partial charge in [-0.05, 0) is 25.5 Å². The summed E-state index contributed by atoms with van der Waals surface area (Å²) in [6.07, 6.45) is 0. The SMILES string of the molecule is Cc1csc(SCc2nc(-c3ccc(C)c(F)c3)no2)n1. The summed E-state index contributed by atoms with van der Waals surface area (Å²) in [7, 11) is 0. The van der Waals surface area contributed by atoms with Gasteiger partial charge in [-0.2, -0.15) is 4.98 Å². The molecule has 0 bridgehead atoms. The maximum Gasteiger partial charge on any atom is 0.237 e. The number of thioether (sulfide) groups is 1. The molecule has 0 saturated heterocycles. The van der Waals surface area contributed by atoms with Crippen molar-refractivity contribution in [3.63, 3.8) is 0 Å². The fourth-order valence-corrected chi connectivity index (χ4v) is 3.37. The van der Waals surface area contributed by atoms with Crippen LogP contribution in [0.3, 0.4) is 0 Å². The van der Waals surface area contributed by atoms with E-state index in [9.17, 15) is 4.39 Å². The zero-order valence-electron chi connectivity index (χ0n) is 11.5. The second-order valence-electron chi connectivity index (χ2n) is 4.52. The molecule has 0 fully saturated rings. The smallest absolute Gasteiger partial charge is 0.237 e. The summed E-state index contributed by atoms with van der Waals surface area (Å²) in [4.78, 5) is 8.64. The molecule has 0 N–H and O–H groups in total. The number of aromatic nitrogens is 3. The molecule has 4 nitrogen and oxygen atoms in total. The second-order valence-corrected chi connectivity index (χ2v) is 6.60. The molecule has 7 heteroatoms. The van der Waals surface area contributed by atoms with Gasteiger partial charge in [-0.3, -0.25) is 0 Å². The average Bonchev–Trinajstić information content (AvgIpc) is 3.08. The van der Waals surface area contributed by atoms with Crippen LogP contribution in [0.1, 0.15) is 17.1 Å². The monoisotopic (exact) mass is 321 g/mol. The summed E-state index contributed by atoms with van der Waals surface area (Å²) in [5.74, 6) is 1.18. The van der Waals surface area contributed by atoms with E-state index in [-0.39, 0.29) is 5.82 Å². The molecule has 0 spiro atoms. The third-order valence-electron chi connectivity index (χ3n) is 2.82. The highest BCUT2D eigenvalue weighted by atomic mass is 32.2. The van der Waals surface area contributed by atoms with Crippen molar-refractivity contribution in [2.75, 3.05) is 0 Å². The fraction of sp³-hybridized carbons (Fsp3) is 0.214. The van der Waals surface area contributed by atoms with Crippen LogP contribution >= 0.6 is 23.1 Å². The van der Waals surface area contributed by atoms with Crippen molar-refractivity contribution in [3.05, 3.63) is 46.5 Å². The van der Waals surface area contributed by atoms with E-state index in [2.05, 4.69) is 15.1 Å². The van der Waals surface area contributed by atoms with Crippen LogP contribution in [-0.4, -0.2) is 15.1 Å². The molecule has 1 aromatic carbocycles. The molecule has 0 aliphatic carbocycles. The number of benzene rings is 1. The maximum absolute atomic E-state index is 13.5. The highest BCUT2D eigenvalue weighted by Crippen LogP contribution is 2.26. The van der Waals surface area contributed by atoms with Gasteiger partial charge in [0.25, 0.3) is 0 Å². The minimum absolute atomic E-state index is 0.272. The first-order valence-electron chi connectivity index (χ1n) is 6.26. The van der Waals surface area contributed by atoms with Crippen molar-refractivity contribution < 1.29 is 8.91 Å². The maximum atomic E-state index is 13.5. The van der Waals surface area contributed by atoms with Gasteiger partial charge in [0.2, 0.25) is 11.7 Å². The number of rotatable bonds is 4. The lowest BCUT2D eigenvalue weighted by atomic mass is 10.1. The van der Waals surface area contributed by atoms with Gasteiger partial charge in [0.1, 0.15) is 5.82 Å². The molecule has 0 saturated carbocycles. The largest absolute Gasteiger partial charge is 0.338 e. The standard InChI is InChI=1S/C14H12FN3OS2/c1-8-3-4-10(5-11(8)15)13-17-12(19-18-13)7-21-14-16-9(2)6-20-14/h3-6H,7H2,1-2H3. The molecule has 2 aromatic heterocycles. The van der Waals surface area contributed by atoms with E-state index in [4.69, 9.17) is 4.52 Å². The van der Waals surface area contributed by atoms with Crippen molar-refractivity contribution >= 4 is 23.1 Å². The summed E-state index contributed by atoms with van der Waals surface area (Å²) < 4.78 is 19.7. The topological polar surface area (TPSA) is 51.8 Å². The highest BCUT2D eigenvalue weighted by Gasteiger charge is 2.11. The molecule has 0 aliphatic rings. The molecule has 0 atom stereocenters. The molecule has 0 unspecified atom stereocenters. The number of nitrogens with zero attached hydrogens (tertiary/aromatic N) is 3. The van der Waals surface area contributed by atoms with Gasteiger partial charge in [-0.15, -0.1) is 11.3 Å². The Labute approximate surface area is 129 Å². The van der Waals surface area contributed by atoms with Crippen LogP contribution in [0, 0.1) is 19.7 Å². The van der Waals surface area contributed by atoms with Gasteiger partial charge in [0.15, 0.2) is 4.34 Å². The Bertz CT molecular complexity index is 769. The predicted octanol–water partition coefficient (Wildman–Crippen LogP) is 4.24. The lowest BCUT2D eigenvalue weighted by Crippen LogP contribution is -1.86. The third-order valence-corrected chi connectivity index (χ3v) is 4.94. The predicted molar refractivity (Wildman–Crippen MR) is 80.8 cm³/mol. The molecule has 21 heavy (non-hydrogen) atoms. The van der Waals surface area contributed by atoms with E-state index in [0.29, 0.717) is 28.6 Å². The average molecular weight is 321 g/mol. The number of hydrogen-bond donors (Lipinski definition) is 0. The summed E-state index contributed by atoms with van der Waals surface area (Å²) in [6, 6.07) is 4.90. The number of aryl methyl sites for hydroxylation is 2. The Morgan fingerprint density at radius 2 is 2.14 bits per heavy atom. The Morgan fingerprint density at radius 1 is 1.29 bits per heavy atom. The molecule has 2 heterocycles. The van der Waals surface area contributed by atoms with Crippen molar-refractivity contribution in [1.29, 1.82) is 0 Å². The Kier molecular flexibility index (Phi) is 4.03. The van der Waals surface area contributed by atoms with Gasteiger partial charge in [0.05, 0.1) is 5.75 Å². The minimum Gasteiger partial charge on any atom is -0.338 e. The molecule has 108 valence electrons. The Hall–Kier alpha value is -1.73. The van der Waals surface area contributed by atoms with Crippen LogP contribution in [0.5, 0.6) is 0 Å². The second kappa shape index (κ2) is 5.95. The van der Waals surface area contributed by atoms with Crippen LogP contribution in [0.2, 0.25) is 0 Å². The molecule has 3 aromatic rings. The van der Waals surface area contributed by atoms with Gasteiger partial charge in [-0.1, -0.05) is 29.1 Å². The van der Waals surface area contributed by atoms with E-state index in [0.717, 1.165) is 10.0 Å². The number of hydrogen-bond acceptors (Lipinski definition) is 6. The minimum atomic E-state index is -0.272. The zero-order chi connectivity index (χ0) is 14.8. The van der Waals surface area contributed by atoms with Crippen LogP contribution in [0.4, 0.5) is 4.39 Å². The normalized spacial score (nSPS) is 11.0. The molecule has 3 rings (SSSR count). The van der Waals surface area contributed by atoms with Crippen molar-refractivity contribution in [2.45, 2.75) is 23.9 Å². The van der Waals surface area contributed by atoms with Gasteiger partial charge >= 0.3 is 0 Å². The fourth-order valence-electron chi connectivity index (χ4n) is 1.68. The zero-order valence-corrected chi connectivity index (χ0v) is 13.1. The first kappa shape index (κ1) is 14.2. The summed E-state index contributed by atoms with van der Waals surface area (Å²) in [5.41, 5.74) is 2.21. The molecule has 0 radical (unpaired) electrons. The Balaban J connectivity index is 1.72. The van der Waals surface area contributed by atoms with Gasteiger partial charge < -0.3 is 4.52 Å². The van der Waals surface area contributed by atoms with E-state index in [1.165, 1.54) is 6.07 Å². The summed E-state index contributed by atoms with van der Waals surface area (Å²) in [5, 5.41) is 5.89. The third kappa shape index (κ3) is 3.30. The molecular formula is C14H12FN3OS2. The van der Waals surface area contributed by atoms with Gasteiger partial charge in [0, 0.05) is 16.6 Å². The van der Waals surface area contributed by atoms with E-state index >= 15 is 0 Å². The summed E-state index contributed by atoms with van der Waals surface area (Å²) >= 11 is 3.13. The molecule has 0 amide bonds. The van der Waals surface area contributed by atoms with E-state index < -0.39 is 0 Å². The highest BCUT2D eigenvalue weighted by molar-refractivity contribution is 8.00. The van der Waals surface area contributed by atoms with Crippen LogP contribution < -0.4 is 0 Å². The lowest BCUT2D eigenvalue weighted by molar-refractivity contribution is 0.391. The van der Waals surface area contributed by atoms with Crippen LogP contribution in [-0.2, 0) is 5.75 Å². The van der Waals surface area contributed by atoms with Crippen molar-refractivity contribution in [3.8, 4) is 11.4 Å². The van der Waals surface area contributed by atoms with E-state index in [1.807, 2.05) is 12.3 Å². The van der Waals surface area contributed by atoms with Crippen LogP contribution in [0.15, 0.2) is 32.4 Å². The lowest BCUT2D eigenvalue weighted by Gasteiger charge is -1.97. The van der Waals surface area contributed by atoms with Crippen molar-refractivity contribution in [1.82, 2.24) is 15.1 Å². The number of thiazole rings is 1. The Morgan fingerprint density at radius 3 is 2.86 bits per heavy atom. The number of halogens is 1. The van der Waals surface area contributed by atoms with E-state index in [1.54, 1.807) is 42.2 Å². The first-order chi connectivity index (χ1) is 10.1. The van der Waals surface area contributed by atoms with Crippen molar-refractivity contribution in [2.24, 2.45) is 0 Å². The van der Waals surface area contributed by atoms with Crippen LogP contribution in [0.25, 0.3) is 11.4 Å². The quantitative estimate of drug-likeness (QED) is 0.673. The molecule has 0 aliphatic heterocycles.